The number of aromatic nitrogens is 1. The van der Waals surface area contributed by atoms with E-state index in [1.807, 2.05) is 0 Å². The number of rotatable bonds is 3. The van der Waals surface area contributed by atoms with Gasteiger partial charge in [-0.25, -0.2) is 18.2 Å². The molecule has 0 bridgehead atoms. The average Bonchev–Trinajstić information content (AvgIpc) is 2.33. The second-order valence-corrected chi connectivity index (χ2v) is 6.61. The van der Waals surface area contributed by atoms with E-state index in [0.717, 1.165) is 0 Å². The molecule has 1 fully saturated rings. The third-order valence-electron chi connectivity index (χ3n) is 2.92. The summed E-state index contributed by atoms with van der Waals surface area (Å²) in [6.45, 7) is 0. The Morgan fingerprint density at radius 1 is 1.33 bits per heavy atom. The third kappa shape index (κ3) is 3.19. The summed E-state index contributed by atoms with van der Waals surface area (Å²) in [5.41, 5.74) is 0.131. The Kier molecular flexibility index (Phi) is 3.51. The fourth-order valence-electron chi connectivity index (χ4n) is 1.85. The number of sulfone groups is 1. The van der Waals surface area contributed by atoms with E-state index in [9.17, 15) is 13.2 Å². The van der Waals surface area contributed by atoms with Gasteiger partial charge in [-0.3, -0.25) is 0 Å². The van der Waals surface area contributed by atoms with Crippen LogP contribution in [0.4, 0.5) is 5.82 Å². The second kappa shape index (κ2) is 4.93. The highest BCUT2D eigenvalue weighted by Crippen LogP contribution is 2.16. The maximum Gasteiger partial charge on any atom is 0.337 e. The molecule has 2 rings (SSSR count). The van der Waals surface area contributed by atoms with E-state index in [4.69, 9.17) is 5.11 Å². The molecule has 0 atom stereocenters. The zero-order valence-electron chi connectivity index (χ0n) is 9.67. The van der Waals surface area contributed by atoms with Crippen LogP contribution < -0.4 is 5.32 Å². The number of nitrogens with one attached hydrogen (secondary N) is 1. The molecule has 1 aromatic heterocycles. The SMILES string of the molecule is O=C(O)c1ccc(NC2CCS(=O)(=O)CC2)nc1. The molecule has 6 nitrogen and oxygen atoms in total. The van der Waals surface area contributed by atoms with E-state index in [1.54, 1.807) is 6.07 Å². The lowest BCUT2D eigenvalue weighted by atomic mass is 10.1. The van der Waals surface area contributed by atoms with Gasteiger partial charge in [0.05, 0.1) is 17.1 Å². The van der Waals surface area contributed by atoms with Crippen LogP contribution in [0.25, 0.3) is 0 Å². The van der Waals surface area contributed by atoms with Crippen molar-refractivity contribution in [1.82, 2.24) is 4.98 Å². The van der Waals surface area contributed by atoms with E-state index < -0.39 is 15.8 Å². The van der Waals surface area contributed by atoms with Crippen molar-refractivity contribution in [2.24, 2.45) is 0 Å². The molecule has 98 valence electrons. The van der Waals surface area contributed by atoms with Crippen LogP contribution in [-0.4, -0.2) is 42.0 Å². The summed E-state index contributed by atoms with van der Waals surface area (Å²) < 4.78 is 22.5. The molecule has 1 aliphatic heterocycles. The summed E-state index contributed by atoms with van der Waals surface area (Å²) >= 11 is 0. The first-order valence-electron chi connectivity index (χ1n) is 5.62. The topological polar surface area (TPSA) is 96.4 Å². The Balaban J connectivity index is 1.96. The van der Waals surface area contributed by atoms with Gasteiger partial charge in [0.15, 0.2) is 0 Å². The smallest absolute Gasteiger partial charge is 0.337 e. The molecule has 0 amide bonds. The summed E-state index contributed by atoms with van der Waals surface area (Å²) in [6.07, 6.45) is 2.40. The number of carbonyl (C=O) groups is 1. The van der Waals surface area contributed by atoms with Crippen molar-refractivity contribution in [2.75, 3.05) is 16.8 Å². The van der Waals surface area contributed by atoms with Crippen LogP contribution in [0.1, 0.15) is 23.2 Å². The highest BCUT2D eigenvalue weighted by Gasteiger charge is 2.23. The predicted molar refractivity (Wildman–Crippen MR) is 66.5 cm³/mol. The van der Waals surface area contributed by atoms with Crippen LogP contribution >= 0.6 is 0 Å². The van der Waals surface area contributed by atoms with Gasteiger partial charge in [-0.1, -0.05) is 0 Å². The molecule has 0 aromatic carbocycles. The van der Waals surface area contributed by atoms with Gasteiger partial charge in [-0.15, -0.1) is 0 Å². The zero-order chi connectivity index (χ0) is 13.2. The maximum atomic E-state index is 11.3. The molecule has 0 spiro atoms. The average molecular weight is 270 g/mol. The molecule has 1 aromatic rings. The Labute approximate surface area is 105 Å². The second-order valence-electron chi connectivity index (χ2n) is 4.31. The Bertz CT molecular complexity index is 525. The van der Waals surface area contributed by atoms with Crippen LogP contribution in [0.2, 0.25) is 0 Å². The van der Waals surface area contributed by atoms with Gasteiger partial charge in [-0.05, 0) is 25.0 Å². The molecule has 0 saturated carbocycles. The molecule has 2 N–H and O–H groups in total. The Morgan fingerprint density at radius 3 is 2.50 bits per heavy atom. The highest BCUT2D eigenvalue weighted by atomic mass is 32.2. The number of pyridine rings is 1. The van der Waals surface area contributed by atoms with Crippen molar-refractivity contribution < 1.29 is 18.3 Å². The molecular weight excluding hydrogens is 256 g/mol. The lowest BCUT2D eigenvalue weighted by molar-refractivity contribution is 0.0696. The number of carboxylic acid groups (broad SMARTS) is 1. The van der Waals surface area contributed by atoms with Crippen LogP contribution in [0, 0.1) is 0 Å². The van der Waals surface area contributed by atoms with Crippen LogP contribution in [0.15, 0.2) is 18.3 Å². The predicted octanol–water partition coefficient (Wildman–Crippen LogP) is 0.769. The standard InChI is InChI=1S/C11H14N2O4S/c14-11(15)8-1-2-10(12-7-8)13-9-3-5-18(16,17)6-4-9/h1-2,7,9H,3-6H2,(H,12,13)(H,14,15). The van der Waals surface area contributed by atoms with Crippen molar-refractivity contribution in [2.45, 2.75) is 18.9 Å². The van der Waals surface area contributed by atoms with E-state index in [-0.39, 0.29) is 23.1 Å². The third-order valence-corrected chi connectivity index (χ3v) is 4.63. The number of hydrogen-bond acceptors (Lipinski definition) is 5. The zero-order valence-corrected chi connectivity index (χ0v) is 10.5. The summed E-state index contributed by atoms with van der Waals surface area (Å²) in [4.78, 5) is 14.6. The van der Waals surface area contributed by atoms with E-state index >= 15 is 0 Å². The fraction of sp³-hybridized carbons (Fsp3) is 0.455. The number of aromatic carboxylic acids is 1. The van der Waals surface area contributed by atoms with E-state index in [2.05, 4.69) is 10.3 Å². The molecule has 1 aliphatic rings. The van der Waals surface area contributed by atoms with E-state index in [1.165, 1.54) is 12.3 Å². The molecule has 2 heterocycles. The first-order chi connectivity index (χ1) is 8.46. The molecule has 18 heavy (non-hydrogen) atoms. The molecule has 1 saturated heterocycles. The minimum Gasteiger partial charge on any atom is -0.478 e. The van der Waals surface area contributed by atoms with Crippen molar-refractivity contribution in [3.05, 3.63) is 23.9 Å². The monoisotopic (exact) mass is 270 g/mol. The van der Waals surface area contributed by atoms with Gasteiger partial charge in [0.1, 0.15) is 15.7 Å². The summed E-state index contributed by atoms with van der Waals surface area (Å²) in [5, 5.41) is 11.8. The van der Waals surface area contributed by atoms with E-state index in [0.29, 0.717) is 18.7 Å². The van der Waals surface area contributed by atoms with Gasteiger partial charge >= 0.3 is 5.97 Å². The minimum absolute atomic E-state index is 0.0803. The molecule has 0 aliphatic carbocycles. The Hall–Kier alpha value is -1.63. The molecule has 7 heteroatoms. The molecule has 0 unspecified atom stereocenters. The van der Waals surface area contributed by atoms with Crippen LogP contribution in [-0.2, 0) is 9.84 Å². The molecule has 0 radical (unpaired) electrons. The first kappa shape index (κ1) is 12.8. The van der Waals surface area contributed by atoms with Crippen molar-refractivity contribution >= 4 is 21.6 Å². The Morgan fingerprint density at radius 2 is 2.00 bits per heavy atom. The van der Waals surface area contributed by atoms with Gasteiger partial charge in [0.2, 0.25) is 0 Å². The van der Waals surface area contributed by atoms with Crippen molar-refractivity contribution in [3.63, 3.8) is 0 Å². The summed E-state index contributed by atoms with van der Waals surface area (Å²) in [5.74, 6) is -0.0578. The lowest BCUT2D eigenvalue weighted by Gasteiger charge is -2.23. The van der Waals surface area contributed by atoms with Crippen LogP contribution in [0.3, 0.4) is 0 Å². The number of nitrogens with zero attached hydrogens (tertiary/aromatic N) is 1. The fourth-order valence-corrected chi connectivity index (χ4v) is 3.34. The molecular formula is C11H14N2O4S. The maximum absolute atomic E-state index is 11.3. The van der Waals surface area contributed by atoms with Crippen molar-refractivity contribution in [3.8, 4) is 0 Å². The van der Waals surface area contributed by atoms with Gasteiger partial charge in [-0.2, -0.15) is 0 Å². The number of hydrogen-bond donors (Lipinski definition) is 2. The van der Waals surface area contributed by atoms with Gasteiger partial charge in [0.25, 0.3) is 0 Å². The quantitative estimate of drug-likeness (QED) is 0.842. The number of anilines is 1. The largest absolute Gasteiger partial charge is 0.478 e. The lowest BCUT2D eigenvalue weighted by Crippen LogP contribution is -2.32. The normalized spacial score (nSPS) is 19.3. The first-order valence-corrected chi connectivity index (χ1v) is 7.45. The van der Waals surface area contributed by atoms with Gasteiger partial charge < -0.3 is 10.4 Å². The number of carboxylic acids is 1. The summed E-state index contributed by atoms with van der Waals surface area (Å²) in [7, 11) is -2.86. The van der Waals surface area contributed by atoms with Gasteiger partial charge in [0, 0.05) is 12.2 Å². The summed E-state index contributed by atoms with van der Waals surface area (Å²) in [6, 6.07) is 3.14. The highest BCUT2D eigenvalue weighted by molar-refractivity contribution is 7.91. The minimum atomic E-state index is -2.86. The van der Waals surface area contributed by atoms with Crippen molar-refractivity contribution in [1.29, 1.82) is 0 Å². The van der Waals surface area contributed by atoms with Crippen LogP contribution in [0.5, 0.6) is 0 Å².